The third-order valence-electron chi connectivity index (χ3n) is 5.67. The topological polar surface area (TPSA) is 30.5 Å². The van der Waals surface area contributed by atoms with Crippen LogP contribution in [0, 0.1) is 5.82 Å². The summed E-state index contributed by atoms with van der Waals surface area (Å²) < 4.78 is 27.3. The van der Waals surface area contributed by atoms with Gasteiger partial charge in [0.05, 0.1) is 18.2 Å². The molecule has 1 heterocycles. The molecule has 1 N–H and O–H groups in total. The van der Waals surface area contributed by atoms with E-state index in [4.69, 9.17) is 32.7 Å². The van der Waals surface area contributed by atoms with E-state index >= 15 is 0 Å². The highest BCUT2D eigenvalue weighted by molar-refractivity contribution is 6.31. The molecule has 31 heavy (non-hydrogen) atoms. The van der Waals surface area contributed by atoms with E-state index in [1.165, 1.54) is 6.07 Å². The van der Waals surface area contributed by atoms with Crippen LogP contribution in [-0.4, -0.2) is 19.2 Å². The minimum absolute atomic E-state index is 0.0900. The fourth-order valence-corrected chi connectivity index (χ4v) is 4.29. The third-order valence-corrected chi connectivity index (χ3v) is 6.21. The van der Waals surface area contributed by atoms with Gasteiger partial charge in [0.15, 0.2) is 0 Å². The Labute approximate surface area is 192 Å². The molecule has 1 aliphatic rings. The van der Waals surface area contributed by atoms with E-state index in [9.17, 15) is 4.39 Å². The maximum Gasteiger partial charge on any atom is 0.147 e. The second-order valence-corrected chi connectivity index (χ2v) is 8.48. The quantitative estimate of drug-likeness (QED) is 0.461. The van der Waals surface area contributed by atoms with Gasteiger partial charge in [0.2, 0.25) is 0 Å². The van der Waals surface area contributed by atoms with E-state index < -0.39 is 11.4 Å². The molecule has 1 aliphatic heterocycles. The lowest BCUT2D eigenvalue weighted by atomic mass is 9.82. The number of halogens is 3. The summed E-state index contributed by atoms with van der Waals surface area (Å²) in [4.78, 5) is 0. The van der Waals surface area contributed by atoms with Crippen LogP contribution < -0.4 is 5.32 Å². The Balaban J connectivity index is 1.62. The SMILES string of the molecule is Fc1c(Cl)cccc1CO[C@H]1CNCC[C@@]1(OCc1ccccc1)c1ccc(Cl)cc1. The van der Waals surface area contributed by atoms with E-state index in [1.54, 1.807) is 12.1 Å². The van der Waals surface area contributed by atoms with Crippen molar-refractivity contribution < 1.29 is 13.9 Å². The molecule has 3 aromatic rings. The molecule has 0 amide bonds. The molecule has 6 heteroatoms. The Morgan fingerprint density at radius 2 is 1.71 bits per heavy atom. The van der Waals surface area contributed by atoms with E-state index in [1.807, 2.05) is 54.6 Å². The van der Waals surface area contributed by atoms with Gasteiger partial charge < -0.3 is 14.8 Å². The molecule has 0 spiro atoms. The summed E-state index contributed by atoms with van der Waals surface area (Å²) in [5.41, 5.74) is 1.80. The lowest BCUT2D eigenvalue weighted by Crippen LogP contribution is -2.54. The summed E-state index contributed by atoms with van der Waals surface area (Å²) in [5, 5.41) is 4.13. The van der Waals surface area contributed by atoms with Crippen LogP contribution in [0.3, 0.4) is 0 Å². The first-order valence-corrected chi connectivity index (χ1v) is 11.0. The molecule has 0 radical (unpaired) electrons. The Morgan fingerprint density at radius 1 is 0.935 bits per heavy atom. The van der Waals surface area contributed by atoms with Gasteiger partial charge in [-0.2, -0.15) is 0 Å². The fraction of sp³-hybridized carbons (Fsp3) is 0.280. The third kappa shape index (κ3) is 5.11. The molecule has 3 nitrogen and oxygen atoms in total. The maximum atomic E-state index is 14.4. The smallest absolute Gasteiger partial charge is 0.147 e. The molecule has 0 unspecified atom stereocenters. The standard InChI is InChI=1S/C25H24Cl2FNO2/c26-21-11-9-20(10-12-21)25(31-16-18-5-2-1-3-6-18)13-14-29-15-23(25)30-17-19-7-4-8-22(27)24(19)28/h1-12,23,29H,13-17H2/t23-,25+/m0/s1. The number of piperidine rings is 1. The molecular formula is C25H24Cl2FNO2. The lowest BCUT2D eigenvalue weighted by Gasteiger charge is -2.44. The van der Waals surface area contributed by atoms with Gasteiger partial charge in [-0.25, -0.2) is 4.39 Å². The van der Waals surface area contributed by atoms with Gasteiger partial charge in [-0.05, 0) is 42.3 Å². The van der Waals surface area contributed by atoms with Crippen molar-refractivity contribution in [2.75, 3.05) is 13.1 Å². The van der Waals surface area contributed by atoms with Crippen molar-refractivity contribution in [3.63, 3.8) is 0 Å². The summed E-state index contributed by atoms with van der Waals surface area (Å²) in [5.74, 6) is -0.449. The minimum atomic E-state index is -0.694. The van der Waals surface area contributed by atoms with Crippen LogP contribution in [0.5, 0.6) is 0 Å². The molecular weight excluding hydrogens is 436 g/mol. The molecule has 3 aromatic carbocycles. The van der Waals surface area contributed by atoms with Crippen LogP contribution >= 0.6 is 23.2 Å². The second kappa shape index (κ2) is 10.1. The average Bonchev–Trinajstić information content (AvgIpc) is 2.80. The van der Waals surface area contributed by atoms with Crippen LogP contribution in [0.25, 0.3) is 0 Å². The summed E-state index contributed by atoms with van der Waals surface area (Å²) in [6, 6.07) is 22.7. The number of rotatable bonds is 7. The van der Waals surface area contributed by atoms with Gasteiger partial charge in [-0.3, -0.25) is 0 Å². The van der Waals surface area contributed by atoms with Crippen molar-refractivity contribution >= 4 is 23.2 Å². The first-order chi connectivity index (χ1) is 15.1. The molecule has 4 rings (SSSR count). The molecule has 0 bridgehead atoms. The molecule has 2 atom stereocenters. The monoisotopic (exact) mass is 459 g/mol. The van der Waals surface area contributed by atoms with Crippen molar-refractivity contribution in [3.05, 3.63) is 105 Å². The van der Waals surface area contributed by atoms with Gasteiger partial charge in [0.1, 0.15) is 17.5 Å². The first kappa shape index (κ1) is 22.3. The van der Waals surface area contributed by atoms with E-state index in [-0.39, 0.29) is 17.7 Å². The number of benzene rings is 3. The van der Waals surface area contributed by atoms with Gasteiger partial charge >= 0.3 is 0 Å². The Hall–Kier alpha value is -1.95. The van der Waals surface area contributed by atoms with Crippen molar-refractivity contribution in [3.8, 4) is 0 Å². The van der Waals surface area contributed by atoms with Crippen molar-refractivity contribution in [2.24, 2.45) is 0 Å². The van der Waals surface area contributed by atoms with Gasteiger partial charge in [-0.15, -0.1) is 0 Å². The summed E-state index contributed by atoms with van der Waals surface area (Å²) in [6.45, 7) is 1.90. The molecule has 0 saturated carbocycles. The first-order valence-electron chi connectivity index (χ1n) is 10.3. The molecule has 0 aliphatic carbocycles. The number of hydrogen-bond donors (Lipinski definition) is 1. The minimum Gasteiger partial charge on any atom is -0.369 e. The highest BCUT2D eigenvalue weighted by Crippen LogP contribution is 2.39. The number of hydrogen-bond acceptors (Lipinski definition) is 3. The largest absolute Gasteiger partial charge is 0.369 e. The van der Waals surface area contributed by atoms with Crippen LogP contribution in [0.1, 0.15) is 23.1 Å². The van der Waals surface area contributed by atoms with E-state index in [0.29, 0.717) is 30.2 Å². The van der Waals surface area contributed by atoms with Crippen molar-refractivity contribution in [1.82, 2.24) is 5.32 Å². The number of nitrogens with one attached hydrogen (secondary N) is 1. The van der Waals surface area contributed by atoms with E-state index in [0.717, 1.165) is 17.7 Å². The van der Waals surface area contributed by atoms with Gasteiger partial charge in [0.25, 0.3) is 0 Å². The molecule has 0 aromatic heterocycles. The second-order valence-electron chi connectivity index (χ2n) is 7.64. The zero-order chi connectivity index (χ0) is 21.7. The van der Waals surface area contributed by atoms with Crippen molar-refractivity contribution in [2.45, 2.75) is 31.3 Å². The van der Waals surface area contributed by atoms with Crippen LogP contribution in [0.15, 0.2) is 72.8 Å². The maximum absolute atomic E-state index is 14.4. The lowest BCUT2D eigenvalue weighted by molar-refractivity contribution is -0.176. The number of ether oxygens (including phenoxy) is 2. The zero-order valence-electron chi connectivity index (χ0n) is 17.0. The molecule has 1 saturated heterocycles. The zero-order valence-corrected chi connectivity index (χ0v) is 18.5. The fourth-order valence-electron chi connectivity index (χ4n) is 3.97. The normalized spacial score (nSPS) is 21.2. The van der Waals surface area contributed by atoms with Crippen LogP contribution in [0.4, 0.5) is 4.39 Å². The average molecular weight is 460 g/mol. The van der Waals surface area contributed by atoms with Crippen molar-refractivity contribution in [1.29, 1.82) is 0 Å². The van der Waals surface area contributed by atoms with Crippen LogP contribution in [-0.2, 0) is 28.3 Å². The summed E-state index contributed by atoms with van der Waals surface area (Å²) in [6.07, 6.45) is 0.383. The Morgan fingerprint density at radius 3 is 2.48 bits per heavy atom. The Bertz CT molecular complexity index is 1000. The van der Waals surface area contributed by atoms with Gasteiger partial charge in [0, 0.05) is 17.1 Å². The highest BCUT2D eigenvalue weighted by atomic mass is 35.5. The highest BCUT2D eigenvalue weighted by Gasteiger charge is 2.44. The predicted molar refractivity (Wildman–Crippen MR) is 122 cm³/mol. The van der Waals surface area contributed by atoms with Gasteiger partial charge in [-0.1, -0.05) is 77.8 Å². The van der Waals surface area contributed by atoms with E-state index in [2.05, 4.69) is 5.32 Å². The summed E-state index contributed by atoms with van der Waals surface area (Å²) >= 11 is 12.1. The predicted octanol–water partition coefficient (Wildman–Crippen LogP) is 6.12. The molecule has 1 fully saturated rings. The molecule has 162 valence electrons. The van der Waals surface area contributed by atoms with Crippen LogP contribution in [0.2, 0.25) is 10.0 Å². The summed E-state index contributed by atoms with van der Waals surface area (Å²) in [7, 11) is 0. The Kier molecular flexibility index (Phi) is 7.26.